The average Bonchev–Trinajstić information content (AvgIpc) is 2.66. The molecule has 1 aromatic rings. The molecule has 1 aromatic carbocycles. The first-order valence-electron chi connectivity index (χ1n) is 6.94. The van der Waals surface area contributed by atoms with Crippen molar-refractivity contribution in [1.82, 2.24) is 10.2 Å². The summed E-state index contributed by atoms with van der Waals surface area (Å²) >= 11 is 0. The molecule has 0 bridgehead atoms. The van der Waals surface area contributed by atoms with Crippen LogP contribution in [0.5, 0.6) is 0 Å². The van der Waals surface area contributed by atoms with Crippen molar-refractivity contribution in [3.8, 4) is 0 Å². The van der Waals surface area contributed by atoms with Crippen molar-refractivity contribution >= 4 is 15.7 Å². The largest absolute Gasteiger partial charge is 0.320 e. The van der Waals surface area contributed by atoms with Crippen LogP contribution in [0.2, 0.25) is 0 Å². The number of carbonyl (C=O) groups excluding carboxylic acids is 1. The smallest absolute Gasteiger partial charge is 0.241 e. The van der Waals surface area contributed by atoms with E-state index in [9.17, 15) is 13.2 Å². The molecule has 0 spiro atoms. The molecule has 2 atom stereocenters. The van der Waals surface area contributed by atoms with Gasteiger partial charge in [0.1, 0.15) is 6.17 Å². The molecular weight excluding hydrogens is 288 g/mol. The zero-order valence-corrected chi connectivity index (χ0v) is 13.6. The lowest BCUT2D eigenvalue weighted by atomic mass is 10.1. The Morgan fingerprint density at radius 1 is 1.24 bits per heavy atom. The number of amides is 1. The van der Waals surface area contributed by atoms with Gasteiger partial charge < -0.3 is 4.90 Å². The number of hydrogen-bond acceptors (Lipinski definition) is 4. The lowest BCUT2D eigenvalue weighted by Crippen LogP contribution is -2.46. The summed E-state index contributed by atoms with van der Waals surface area (Å²) in [5.41, 5.74) is 0.958. The van der Waals surface area contributed by atoms with Gasteiger partial charge in [0.15, 0.2) is 9.84 Å². The first-order valence-corrected chi connectivity index (χ1v) is 8.84. The Bertz CT molecular complexity index is 626. The predicted octanol–water partition coefficient (Wildman–Crippen LogP) is 1.33. The summed E-state index contributed by atoms with van der Waals surface area (Å²) in [6.07, 6.45) is 0.928. The van der Waals surface area contributed by atoms with Gasteiger partial charge in [0, 0.05) is 12.8 Å². The van der Waals surface area contributed by atoms with Gasteiger partial charge >= 0.3 is 0 Å². The molecule has 21 heavy (non-hydrogen) atoms. The van der Waals surface area contributed by atoms with E-state index in [1.807, 2.05) is 30.3 Å². The van der Waals surface area contributed by atoms with Gasteiger partial charge in [0.25, 0.3) is 0 Å². The second-order valence-corrected chi connectivity index (χ2v) is 8.85. The van der Waals surface area contributed by atoms with Crippen LogP contribution < -0.4 is 5.32 Å². The van der Waals surface area contributed by atoms with Crippen LogP contribution in [0, 0.1) is 0 Å². The van der Waals surface area contributed by atoms with Crippen LogP contribution in [0.15, 0.2) is 30.3 Å². The zero-order chi connectivity index (χ0) is 15.8. The van der Waals surface area contributed by atoms with Gasteiger partial charge in [-0.25, -0.2) is 8.42 Å². The SMILES string of the molecule is CC1NC(c2ccccc2)N(CC(C)(C)S(C)(=O)=O)C1=O. The highest BCUT2D eigenvalue weighted by atomic mass is 32.2. The number of nitrogens with one attached hydrogen (secondary N) is 1. The van der Waals surface area contributed by atoms with Crippen LogP contribution >= 0.6 is 0 Å². The average molecular weight is 310 g/mol. The maximum Gasteiger partial charge on any atom is 0.241 e. The van der Waals surface area contributed by atoms with E-state index in [2.05, 4.69) is 5.32 Å². The van der Waals surface area contributed by atoms with Crippen LogP contribution in [0.25, 0.3) is 0 Å². The molecule has 0 radical (unpaired) electrons. The van der Waals surface area contributed by atoms with Crippen molar-refractivity contribution in [2.75, 3.05) is 12.8 Å². The van der Waals surface area contributed by atoms with Gasteiger partial charge in [-0.1, -0.05) is 30.3 Å². The number of sulfone groups is 1. The fourth-order valence-corrected chi connectivity index (χ4v) is 2.76. The van der Waals surface area contributed by atoms with E-state index >= 15 is 0 Å². The van der Waals surface area contributed by atoms with Gasteiger partial charge in [0.2, 0.25) is 5.91 Å². The summed E-state index contributed by atoms with van der Waals surface area (Å²) in [5.74, 6) is -0.0689. The van der Waals surface area contributed by atoms with Crippen LogP contribution in [-0.2, 0) is 14.6 Å². The third-order valence-electron chi connectivity index (χ3n) is 4.04. The van der Waals surface area contributed by atoms with E-state index in [-0.39, 0.29) is 24.7 Å². The van der Waals surface area contributed by atoms with Gasteiger partial charge in [-0.05, 0) is 26.3 Å². The van der Waals surface area contributed by atoms with Crippen molar-refractivity contribution in [1.29, 1.82) is 0 Å². The molecule has 2 rings (SSSR count). The summed E-state index contributed by atoms with van der Waals surface area (Å²) in [7, 11) is -3.26. The molecule has 1 amide bonds. The number of benzene rings is 1. The normalized spacial score (nSPS) is 23.6. The Hall–Kier alpha value is -1.40. The molecule has 116 valence electrons. The Balaban J connectivity index is 2.33. The lowest BCUT2D eigenvalue weighted by molar-refractivity contribution is -0.130. The standard InChI is InChI=1S/C15H22N2O3S/c1-11-14(18)17(10-15(2,3)21(4,19)20)13(16-11)12-8-6-5-7-9-12/h5-9,11,13,16H,10H2,1-4H3. The number of carbonyl (C=O) groups is 1. The van der Waals surface area contributed by atoms with E-state index in [0.29, 0.717) is 0 Å². The van der Waals surface area contributed by atoms with Crippen molar-refractivity contribution in [2.45, 2.75) is 37.7 Å². The molecule has 1 heterocycles. The number of rotatable bonds is 4. The van der Waals surface area contributed by atoms with Gasteiger partial charge in [0.05, 0.1) is 10.8 Å². The van der Waals surface area contributed by atoms with Crippen LogP contribution in [0.4, 0.5) is 0 Å². The second kappa shape index (κ2) is 5.42. The predicted molar refractivity (Wildman–Crippen MR) is 82.4 cm³/mol. The monoisotopic (exact) mass is 310 g/mol. The van der Waals surface area contributed by atoms with Crippen LogP contribution in [0.3, 0.4) is 0 Å². The summed E-state index contributed by atoms with van der Waals surface area (Å²) in [5, 5.41) is 3.23. The van der Waals surface area contributed by atoms with Crippen molar-refractivity contribution < 1.29 is 13.2 Å². The summed E-state index contributed by atoms with van der Waals surface area (Å²) < 4.78 is 22.8. The third kappa shape index (κ3) is 3.11. The van der Waals surface area contributed by atoms with Gasteiger partial charge in [-0.3, -0.25) is 10.1 Å². The van der Waals surface area contributed by atoms with Crippen LogP contribution in [0.1, 0.15) is 32.5 Å². The first-order chi connectivity index (χ1) is 9.63. The molecular formula is C15H22N2O3S. The van der Waals surface area contributed by atoms with Gasteiger partial charge in [-0.15, -0.1) is 0 Å². The fraction of sp³-hybridized carbons (Fsp3) is 0.533. The second-order valence-electron chi connectivity index (χ2n) is 6.20. The van der Waals surface area contributed by atoms with Crippen LogP contribution in [-0.4, -0.2) is 42.8 Å². The molecule has 0 saturated carbocycles. The topological polar surface area (TPSA) is 66.5 Å². The van der Waals surface area contributed by atoms with Gasteiger partial charge in [-0.2, -0.15) is 0 Å². The minimum absolute atomic E-state index is 0.0689. The Kier molecular flexibility index (Phi) is 4.13. The van der Waals surface area contributed by atoms with E-state index < -0.39 is 14.6 Å². The Morgan fingerprint density at radius 2 is 1.81 bits per heavy atom. The molecule has 1 fully saturated rings. The summed E-state index contributed by atoms with van der Waals surface area (Å²) in [6.45, 7) is 5.27. The highest BCUT2D eigenvalue weighted by Gasteiger charge is 2.42. The van der Waals surface area contributed by atoms with Crippen molar-refractivity contribution in [3.05, 3.63) is 35.9 Å². The fourth-order valence-electron chi connectivity index (χ4n) is 2.38. The van der Waals surface area contributed by atoms with E-state index in [1.165, 1.54) is 6.26 Å². The van der Waals surface area contributed by atoms with Crippen molar-refractivity contribution in [3.63, 3.8) is 0 Å². The molecule has 2 unspecified atom stereocenters. The van der Waals surface area contributed by atoms with E-state index in [0.717, 1.165) is 5.56 Å². The number of hydrogen-bond donors (Lipinski definition) is 1. The molecule has 5 nitrogen and oxygen atoms in total. The first kappa shape index (κ1) is 16.0. The molecule has 1 aliphatic rings. The number of nitrogens with zero attached hydrogens (tertiary/aromatic N) is 1. The molecule has 6 heteroatoms. The molecule has 0 aliphatic carbocycles. The highest BCUT2D eigenvalue weighted by Crippen LogP contribution is 2.29. The van der Waals surface area contributed by atoms with Crippen molar-refractivity contribution in [2.24, 2.45) is 0 Å². The van der Waals surface area contributed by atoms with E-state index in [1.54, 1.807) is 25.7 Å². The quantitative estimate of drug-likeness (QED) is 0.911. The molecule has 0 aromatic heterocycles. The minimum Gasteiger partial charge on any atom is -0.320 e. The molecule has 1 saturated heterocycles. The highest BCUT2D eigenvalue weighted by molar-refractivity contribution is 7.92. The molecule has 1 N–H and O–H groups in total. The maximum atomic E-state index is 12.4. The summed E-state index contributed by atoms with van der Waals surface area (Å²) in [4.78, 5) is 14.0. The molecule has 1 aliphatic heterocycles. The minimum atomic E-state index is -3.26. The maximum absolute atomic E-state index is 12.4. The Morgan fingerprint density at radius 3 is 2.33 bits per heavy atom. The van der Waals surface area contributed by atoms with E-state index in [4.69, 9.17) is 0 Å². The third-order valence-corrected chi connectivity index (χ3v) is 6.18. The summed E-state index contributed by atoms with van der Waals surface area (Å²) in [6, 6.07) is 9.28. The zero-order valence-electron chi connectivity index (χ0n) is 12.8. The Labute approximate surface area is 126 Å². The lowest BCUT2D eigenvalue weighted by Gasteiger charge is -2.32.